The molecule has 1 atom stereocenters. The summed E-state index contributed by atoms with van der Waals surface area (Å²) >= 11 is 0. The van der Waals surface area contributed by atoms with Gasteiger partial charge < -0.3 is 15.4 Å². The van der Waals surface area contributed by atoms with Gasteiger partial charge in [-0.05, 0) is 31.7 Å². The van der Waals surface area contributed by atoms with E-state index in [0.29, 0.717) is 12.6 Å². The Morgan fingerprint density at radius 3 is 2.79 bits per heavy atom. The van der Waals surface area contributed by atoms with Crippen LogP contribution in [0.1, 0.15) is 18.1 Å². The minimum atomic E-state index is 0.579. The largest absolute Gasteiger partial charge is 0.496 e. The van der Waals surface area contributed by atoms with Crippen molar-refractivity contribution >= 4 is 0 Å². The normalized spacial score (nSPS) is 21.6. The summed E-state index contributed by atoms with van der Waals surface area (Å²) in [5, 5.41) is 0. The van der Waals surface area contributed by atoms with Crippen molar-refractivity contribution in [3.05, 3.63) is 29.3 Å². The van der Waals surface area contributed by atoms with Crippen LogP contribution in [0.5, 0.6) is 5.75 Å². The summed E-state index contributed by atoms with van der Waals surface area (Å²) in [6.45, 7) is 7.13. The molecule has 2 rings (SSSR count). The van der Waals surface area contributed by atoms with E-state index < -0.39 is 0 Å². The second kappa shape index (κ2) is 6.37. The molecule has 0 spiro atoms. The summed E-state index contributed by atoms with van der Waals surface area (Å²) in [7, 11) is 3.92. The lowest BCUT2D eigenvalue weighted by Crippen LogP contribution is -2.49. The zero-order chi connectivity index (χ0) is 13.8. The van der Waals surface area contributed by atoms with E-state index in [-0.39, 0.29) is 0 Å². The van der Waals surface area contributed by atoms with Gasteiger partial charge in [-0.25, -0.2) is 0 Å². The SMILES string of the molecule is COc1ccc(CN)cc1CN1CCN(C)C(C)C1. The number of nitrogens with zero attached hydrogens (tertiary/aromatic N) is 2. The first-order valence-electron chi connectivity index (χ1n) is 6.92. The average Bonchev–Trinajstić information content (AvgIpc) is 2.43. The highest BCUT2D eigenvalue weighted by molar-refractivity contribution is 5.37. The van der Waals surface area contributed by atoms with Crippen LogP contribution in [0.15, 0.2) is 18.2 Å². The van der Waals surface area contributed by atoms with E-state index in [4.69, 9.17) is 10.5 Å². The third-order valence-corrected chi connectivity index (χ3v) is 4.02. The van der Waals surface area contributed by atoms with Gasteiger partial charge in [0.25, 0.3) is 0 Å². The number of benzene rings is 1. The Morgan fingerprint density at radius 2 is 2.16 bits per heavy atom. The summed E-state index contributed by atoms with van der Waals surface area (Å²) in [6.07, 6.45) is 0. The van der Waals surface area contributed by atoms with Crippen molar-refractivity contribution in [1.82, 2.24) is 9.80 Å². The minimum Gasteiger partial charge on any atom is -0.496 e. The lowest BCUT2D eigenvalue weighted by atomic mass is 10.1. The monoisotopic (exact) mass is 263 g/mol. The molecule has 0 bridgehead atoms. The molecule has 1 fully saturated rings. The molecular weight excluding hydrogens is 238 g/mol. The quantitative estimate of drug-likeness (QED) is 0.889. The van der Waals surface area contributed by atoms with Gasteiger partial charge in [0.2, 0.25) is 0 Å². The number of hydrogen-bond donors (Lipinski definition) is 1. The van der Waals surface area contributed by atoms with E-state index in [1.807, 2.05) is 12.1 Å². The molecule has 1 aromatic rings. The van der Waals surface area contributed by atoms with Crippen LogP contribution in [-0.2, 0) is 13.1 Å². The molecule has 4 nitrogen and oxygen atoms in total. The standard InChI is InChI=1S/C15H25N3O/c1-12-10-18(7-6-17(12)2)11-14-8-13(9-16)4-5-15(14)19-3/h4-5,8,12H,6-7,9-11,16H2,1-3H3. The fourth-order valence-corrected chi connectivity index (χ4v) is 2.59. The van der Waals surface area contributed by atoms with Gasteiger partial charge >= 0.3 is 0 Å². The van der Waals surface area contributed by atoms with Crippen LogP contribution in [0.25, 0.3) is 0 Å². The van der Waals surface area contributed by atoms with Crippen LogP contribution < -0.4 is 10.5 Å². The summed E-state index contributed by atoms with van der Waals surface area (Å²) in [5.74, 6) is 0.962. The van der Waals surface area contributed by atoms with Crippen LogP contribution in [0.4, 0.5) is 0 Å². The summed E-state index contributed by atoms with van der Waals surface area (Å²) in [5.41, 5.74) is 8.13. The van der Waals surface area contributed by atoms with Gasteiger partial charge in [-0.1, -0.05) is 6.07 Å². The molecule has 4 heteroatoms. The highest BCUT2D eigenvalue weighted by atomic mass is 16.5. The molecule has 19 heavy (non-hydrogen) atoms. The predicted molar refractivity (Wildman–Crippen MR) is 78.3 cm³/mol. The van der Waals surface area contributed by atoms with Crippen molar-refractivity contribution in [3.63, 3.8) is 0 Å². The van der Waals surface area contributed by atoms with Crippen molar-refractivity contribution in [2.75, 3.05) is 33.8 Å². The maximum atomic E-state index is 5.72. The molecule has 1 heterocycles. The van der Waals surface area contributed by atoms with Crippen LogP contribution in [0.3, 0.4) is 0 Å². The van der Waals surface area contributed by atoms with Crippen LogP contribution >= 0.6 is 0 Å². The summed E-state index contributed by atoms with van der Waals surface area (Å²) in [4.78, 5) is 4.90. The third kappa shape index (κ3) is 3.47. The first-order chi connectivity index (χ1) is 9.13. The Hall–Kier alpha value is -1.10. The van der Waals surface area contributed by atoms with Crippen molar-refractivity contribution in [2.45, 2.75) is 26.1 Å². The molecule has 0 aromatic heterocycles. The molecule has 0 saturated carbocycles. The van der Waals surface area contributed by atoms with Gasteiger partial charge in [0.15, 0.2) is 0 Å². The molecule has 1 aliphatic rings. The topological polar surface area (TPSA) is 41.7 Å². The fourth-order valence-electron chi connectivity index (χ4n) is 2.59. The molecule has 0 radical (unpaired) electrons. The first kappa shape index (κ1) is 14.3. The second-order valence-electron chi connectivity index (χ2n) is 5.42. The molecule has 1 saturated heterocycles. The number of nitrogens with two attached hydrogens (primary N) is 1. The lowest BCUT2D eigenvalue weighted by molar-refractivity contribution is 0.0993. The smallest absolute Gasteiger partial charge is 0.123 e. The molecule has 0 amide bonds. The van der Waals surface area contributed by atoms with E-state index in [1.54, 1.807) is 7.11 Å². The van der Waals surface area contributed by atoms with Crippen molar-refractivity contribution < 1.29 is 4.74 Å². The maximum Gasteiger partial charge on any atom is 0.123 e. The molecule has 106 valence electrons. The average molecular weight is 263 g/mol. The Morgan fingerprint density at radius 1 is 1.37 bits per heavy atom. The van der Waals surface area contributed by atoms with Crippen LogP contribution in [0.2, 0.25) is 0 Å². The summed E-state index contributed by atoms with van der Waals surface area (Å²) in [6, 6.07) is 6.84. The number of rotatable bonds is 4. The molecule has 2 N–H and O–H groups in total. The summed E-state index contributed by atoms with van der Waals surface area (Å²) < 4.78 is 5.46. The van der Waals surface area contributed by atoms with Crippen LogP contribution in [0, 0.1) is 0 Å². The first-order valence-corrected chi connectivity index (χ1v) is 6.92. The van der Waals surface area contributed by atoms with E-state index in [1.165, 1.54) is 5.56 Å². The van der Waals surface area contributed by atoms with Crippen LogP contribution in [-0.4, -0.2) is 49.6 Å². The number of hydrogen-bond acceptors (Lipinski definition) is 4. The second-order valence-corrected chi connectivity index (χ2v) is 5.42. The minimum absolute atomic E-state index is 0.579. The van der Waals surface area contributed by atoms with E-state index in [9.17, 15) is 0 Å². The van der Waals surface area contributed by atoms with Gasteiger partial charge in [-0.15, -0.1) is 0 Å². The molecular formula is C15H25N3O. The molecule has 1 aromatic carbocycles. The molecule has 0 aliphatic carbocycles. The van der Waals surface area contributed by atoms with Crippen molar-refractivity contribution in [3.8, 4) is 5.75 Å². The van der Waals surface area contributed by atoms with Gasteiger partial charge in [0, 0.05) is 44.3 Å². The van der Waals surface area contributed by atoms with Gasteiger partial charge in [0.1, 0.15) is 5.75 Å². The number of piperazine rings is 1. The lowest BCUT2D eigenvalue weighted by Gasteiger charge is -2.37. The van der Waals surface area contributed by atoms with Crippen molar-refractivity contribution in [2.24, 2.45) is 5.73 Å². The van der Waals surface area contributed by atoms with Crippen molar-refractivity contribution in [1.29, 1.82) is 0 Å². The van der Waals surface area contributed by atoms with E-state index >= 15 is 0 Å². The predicted octanol–water partition coefficient (Wildman–Crippen LogP) is 1.29. The number of likely N-dealkylation sites (N-methyl/N-ethyl adjacent to an activating group) is 1. The van der Waals surface area contributed by atoms with E-state index in [0.717, 1.165) is 37.5 Å². The number of ether oxygens (including phenoxy) is 1. The molecule has 1 aliphatic heterocycles. The Balaban J connectivity index is 2.09. The van der Waals surface area contributed by atoms with Gasteiger partial charge in [0.05, 0.1) is 7.11 Å². The fraction of sp³-hybridized carbons (Fsp3) is 0.600. The maximum absolute atomic E-state index is 5.72. The Kier molecular flexibility index (Phi) is 4.80. The Labute approximate surface area is 116 Å². The molecule has 1 unspecified atom stereocenters. The Bertz CT molecular complexity index is 422. The van der Waals surface area contributed by atoms with Gasteiger partial charge in [-0.3, -0.25) is 4.90 Å². The highest BCUT2D eigenvalue weighted by Gasteiger charge is 2.21. The highest BCUT2D eigenvalue weighted by Crippen LogP contribution is 2.22. The van der Waals surface area contributed by atoms with Gasteiger partial charge in [-0.2, -0.15) is 0 Å². The van der Waals surface area contributed by atoms with E-state index in [2.05, 4.69) is 29.8 Å². The third-order valence-electron chi connectivity index (χ3n) is 4.02. The zero-order valence-corrected chi connectivity index (χ0v) is 12.2. The zero-order valence-electron chi connectivity index (χ0n) is 12.2. The number of methoxy groups -OCH3 is 1.